The summed E-state index contributed by atoms with van der Waals surface area (Å²) in [5.74, 6) is 0. The third kappa shape index (κ3) is 1.66. The van der Waals surface area contributed by atoms with Gasteiger partial charge in [-0.25, -0.2) is 0 Å². The number of fused-ring (bicyclic) bond motifs is 5. The van der Waals surface area contributed by atoms with Crippen LogP contribution >= 0.6 is 0 Å². The molecule has 4 aromatic rings. The van der Waals surface area contributed by atoms with Gasteiger partial charge in [-0.1, -0.05) is 48.5 Å². The van der Waals surface area contributed by atoms with Gasteiger partial charge in [0.05, 0.1) is 0 Å². The molecule has 0 saturated carbocycles. The van der Waals surface area contributed by atoms with Gasteiger partial charge in [-0.05, 0) is 24.4 Å². The van der Waals surface area contributed by atoms with Crippen LogP contribution in [0.25, 0.3) is 38.4 Å². The van der Waals surface area contributed by atoms with Crippen LogP contribution in [0.15, 0.2) is 65.1 Å². The van der Waals surface area contributed by atoms with Crippen LogP contribution in [0.3, 0.4) is 0 Å². The lowest BCUT2D eigenvalue weighted by Gasteiger charge is -2.00. The molecule has 0 unspecified atom stereocenters. The van der Waals surface area contributed by atoms with E-state index in [1.807, 2.05) is 37.3 Å². The summed E-state index contributed by atoms with van der Waals surface area (Å²) in [5.41, 5.74) is 9.58. The van der Waals surface area contributed by atoms with E-state index < -0.39 is 0 Å². The summed E-state index contributed by atoms with van der Waals surface area (Å²) in [5, 5.41) is 4.56. The van der Waals surface area contributed by atoms with Crippen LogP contribution in [0.1, 0.15) is 12.5 Å². The van der Waals surface area contributed by atoms with Crippen molar-refractivity contribution in [3.05, 3.63) is 66.2 Å². The molecule has 0 fully saturated rings. The van der Waals surface area contributed by atoms with E-state index in [0.29, 0.717) is 0 Å². The number of hydrogen-bond acceptors (Lipinski definition) is 2. The van der Waals surface area contributed by atoms with Gasteiger partial charge in [-0.3, -0.25) is 0 Å². The number of nitrogens with two attached hydrogens (primary N) is 1. The summed E-state index contributed by atoms with van der Waals surface area (Å²) < 4.78 is 6.20. The normalized spacial score (nSPS) is 12.5. The van der Waals surface area contributed by atoms with Crippen molar-refractivity contribution in [2.75, 3.05) is 0 Å². The Morgan fingerprint density at radius 1 is 0.857 bits per heavy atom. The predicted molar refractivity (Wildman–Crippen MR) is 89.1 cm³/mol. The van der Waals surface area contributed by atoms with Crippen LogP contribution in [0.5, 0.6) is 0 Å². The van der Waals surface area contributed by atoms with Gasteiger partial charge in [0.2, 0.25) is 0 Å². The summed E-state index contributed by atoms with van der Waals surface area (Å²) >= 11 is 0. The fraction of sp³-hybridized carbons (Fsp3) is 0.0526. The minimum Gasteiger partial charge on any atom is -0.455 e. The molecule has 0 aliphatic rings. The van der Waals surface area contributed by atoms with Gasteiger partial charge in [-0.2, -0.15) is 0 Å². The van der Waals surface area contributed by atoms with Crippen molar-refractivity contribution in [1.82, 2.24) is 0 Å². The maximum atomic E-state index is 6.20. The average molecular weight is 273 g/mol. The highest BCUT2D eigenvalue weighted by Crippen LogP contribution is 2.36. The molecule has 0 atom stereocenters. The van der Waals surface area contributed by atoms with Crippen molar-refractivity contribution >= 4 is 38.4 Å². The summed E-state index contributed by atoms with van der Waals surface area (Å²) in [6, 6.07) is 18.7. The molecule has 0 aliphatic carbocycles. The summed E-state index contributed by atoms with van der Waals surface area (Å²) in [6.45, 7) is 1.94. The van der Waals surface area contributed by atoms with Crippen molar-refractivity contribution in [2.45, 2.75) is 6.92 Å². The maximum absolute atomic E-state index is 6.20. The fourth-order valence-corrected chi connectivity index (χ4v) is 2.91. The van der Waals surface area contributed by atoms with Crippen molar-refractivity contribution in [1.29, 1.82) is 0 Å². The average Bonchev–Trinajstić information content (AvgIpc) is 2.93. The van der Waals surface area contributed by atoms with Crippen molar-refractivity contribution in [3.63, 3.8) is 0 Å². The molecule has 4 rings (SSSR count). The van der Waals surface area contributed by atoms with Gasteiger partial charge in [0.1, 0.15) is 11.2 Å². The lowest BCUT2D eigenvalue weighted by molar-refractivity contribution is 0.671. The predicted octanol–water partition coefficient (Wildman–Crippen LogP) is 5.06. The molecule has 2 N–H and O–H groups in total. The number of benzene rings is 3. The van der Waals surface area contributed by atoms with E-state index in [-0.39, 0.29) is 0 Å². The number of furan rings is 1. The van der Waals surface area contributed by atoms with E-state index in [2.05, 4.69) is 30.3 Å². The molecular formula is C19H15NO. The highest BCUT2D eigenvalue weighted by molar-refractivity contribution is 6.16. The molecule has 0 saturated heterocycles. The summed E-state index contributed by atoms with van der Waals surface area (Å²) in [4.78, 5) is 0. The second kappa shape index (κ2) is 4.38. The van der Waals surface area contributed by atoms with Gasteiger partial charge in [0.25, 0.3) is 0 Å². The number of hydrogen-bond donors (Lipinski definition) is 1. The second-order valence-corrected chi connectivity index (χ2v) is 5.19. The molecule has 2 nitrogen and oxygen atoms in total. The van der Waals surface area contributed by atoms with E-state index in [0.717, 1.165) is 38.6 Å². The molecule has 3 aromatic carbocycles. The highest BCUT2D eigenvalue weighted by atomic mass is 16.3. The maximum Gasteiger partial charge on any atom is 0.144 e. The van der Waals surface area contributed by atoms with Crippen LogP contribution in [-0.4, -0.2) is 0 Å². The summed E-state index contributed by atoms with van der Waals surface area (Å²) in [7, 11) is 0. The Balaban J connectivity index is 2.22. The molecule has 2 heteroatoms. The molecule has 0 radical (unpaired) electrons. The zero-order valence-electron chi connectivity index (χ0n) is 11.8. The topological polar surface area (TPSA) is 39.2 Å². The Morgan fingerprint density at radius 2 is 1.62 bits per heavy atom. The monoisotopic (exact) mass is 273 g/mol. The number of rotatable bonds is 1. The standard InChI is InChI=1S/C19H15NO/c1-2-17(20)16-9-5-8-14-15-11-10-12-6-3-4-7-13(12)18(15)21-19(14)16/h2-11H,20H2,1H3/b17-2-. The molecule has 102 valence electrons. The van der Waals surface area contributed by atoms with E-state index in [1.54, 1.807) is 0 Å². The zero-order valence-corrected chi connectivity index (χ0v) is 11.8. The number of para-hydroxylation sites is 1. The Bertz CT molecular complexity index is 1010. The van der Waals surface area contributed by atoms with Crippen LogP contribution in [0, 0.1) is 0 Å². The van der Waals surface area contributed by atoms with Gasteiger partial charge in [-0.15, -0.1) is 0 Å². The lowest BCUT2D eigenvalue weighted by atomic mass is 10.0. The first-order valence-electron chi connectivity index (χ1n) is 7.04. The molecule has 0 spiro atoms. The lowest BCUT2D eigenvalue weighted by Crippen LogP contribution is -1.95. The van der Waals surface area contributed by atoms with Crippen molar-refractivity contribution in [3.8, 4) is 0 Å². The Labute approximate surface area is 122 Å². The molecule has 0 aliphatic heterocycles. The largest absolute Gasteiger partial charge is 0.455 e. The summed E-state index contributed by atoms with van der Waals surface area (Å²) in [6.07, 6.45) is 1.90. The van der Waals surface area contributed by atoms with E-state index >= 15 is 0 Å². The van der Waals surface area contributed by atoms with Crippen molar-refractivity contribution < 1.29 is 4.42 Å². The molecule has 21 heavy (non-hydrogen) atoms. The molecule has 0 amide bonds. The Hall–Kier alpha value is -2.74. The quantitative estimate of drug-likeness (QED) is 0.526. The molecular weight excluding hydrogens is 258 g/mol. The Morgan fingerprint density at radius 3 is 2.48 bits per heavy atom. The van der Waals surface area contributed by atoms with Crippen LogP contribution in [-0.2, 0) is 0 Å². The molecule has 1 heterocycles. The minimum absolute atomic E-state index is 0.740. The third-order valence-electron chi connectivity index (χ3n) is 4.01. The van der Waals surface area contributed by atoms with Gasteiger partial charge < -0.3 is 10.2 Å². The minimum atomic E-state index is 0.740. The molecule has 1 aromatic heterocycles. The van der Waals surface area contributed by atoms with Gasteiger partial charge in [0, 0.05) is 27.4 Å². The van der Waals surface area contributed by atoms with Gasteiger partial charge in [0.15, 0.2) is 0 Å². The first-order valence-corrected chi connectivity index (χ1v) is 7.04. The second-order valence-electron chi connectivity index (χ2n) is 5.19. The SMILES string of the molecule is C/C=C(\N)c1cccc2c1oc1c3ccccc3ccc21. The van der Waals surface area contributed by atoms with Gasteiger partial charge >= 0.3 is 0 Å². The van der Waals surface area contributed by atoms with E-state index in [1.165, 1.54) is 5.39 Å². The number of allylic oxidation sites excluding steroid dienone is 1. The van der Waals surface area contributed by atoms with Crippen molar-refractivity contribution in [2.24, 2.45) is 5.73 Å². The van der Waals surface area contributed by atoms with Crippen LogP contribution < -0.4 is 5.73 Å². The molecule has 0 bridgehead atoms. The fourth-order valence-electron chi connectivity index (χ4n) is 2.91. The third-order valence-corrected chi connectivity index (χ3v) is 4.01. The zero-order chi connectivity index (χ0) is 14.4. The van der Waals surface area contributed by atoms with Crippen LogP contribution in [0.2, 0.25) is 0 Å². The Kier molecular flexibility index (Phi) is 2.51. The first-order chi connectivity index (χ1) is 10.3. The first kappa shape index (κ1) is 12.0. The van der Waals surface area contributed by atoms with E-state index in [9.17, 15) is 0 Å². The van der Waals surface area contributed by atoms with Crippen LogP contribution in [0.4, 0.5) is 0 Å². The van der Waals surface area contributed by atoms with E-state index in [4.69, 9.17) is 10.2 Å². The smallest absolute Gasteiger partial charge is 0.144 e. The highest BCUT2D eigenvalue weighted by Gasteiger charge is 2.13.